The number of rotatable bonds is 3. The number of amides is 2. The Morgan fingerprint density at radius 2 is 1.61 bits per heavy atom. The van der Waals surface area contributed by atoms with E-state index in [-0.39, 0.29) is 24.0 Å². The maximum Gasteiger partial charge on any atom is 0.256 e. The van der Waals surface area contributed by atoms with E-state index < -0.39 is 0 Å². The van der Waals surface area contributed by atoms with Crippen LogP contribution in [0.3, 0.4) is 0 Å². The SMILES string of the molecule is NC1CCN(c2ccccc2C(=O)N2CCN(C(=O)C3CCCO3)CC2)CC1. The molecule has 7 heteroatoms. The first-order valence-electron chi connectivity index (χ1n) is 10.4. The molecule has 3 aliphatic rings. The molecule has 2 N–H and O–H groups in total. The lowest BCUT2D eigenvalue weighted by Gasteiger charge is -2.37. The monoisotopic (exact) mass is 386 g/mol. The van der Waals surface area contributed by atoms with Crippen molar-refractivity contribution in [3.8, 4) is 0 Å². The fraction of sp³-hybridized carbons (Fsp3) is 0.619. The third-order valence-electron chi connectivity index (χ3n) is 6.10. The summed E-state index contributed by atoms with van der Waals surface area (Å²) in [5.41, 5.74) is 7.77. The molecule has 1 aromatic rings. The van der Waals surface area contributed by atoms with Crippen LogP contribution in [0, 0.1) is 0 Å². The Morgan fingerprint density at radius 3 is 2.29 bits per heavy atom. The van der Waals surface area contributed by atoms with Crippen LogP contribution in [0.1, 0.15) is 36.0 Å². The van der Waals surface area contributed by atoms with Gasteiger partial charge in [-0.05, 0) is 37.8 Å². The van der Waals surface area contributed by atoms with E-state index >= 15 is 0 Å². The molecule has 0 aliphatic carbocycles. The molecule has 1 aromatic carbocycles. The molecule has 0 aromatic heterocycles. The van der Waals surface area contributed by atoms with E-state index in [0.717, 1.165) is 50.0 Å². The number of carbonyl (C=O) groups excluding carboxylic acids is 2. The summed E-state index contributed by atoms with van der Waals surface area (Å²) in [6.07, 6.45) is 3.38. The van der Waals surface area contributed by atoms with Gasteiger partial charge in [0.05, 0.1) is 5.56 Å². The molecule has 0 spiro atoms. The summed E-state index contributed by atoms with van der Waals surface area (Å²) in [5, 5.41) is 0. The maximum absolute atomic E-state index is 13.2. The quantitative estimate of drug-likeness (QED) is 0.841. The minimum Gasteiger partial charge on any atom is -0.371 e. The molecule has 3 aliphatic heterocycles. The van der Waals surface area contributed by atoms with Crippen molar-refractivity contribution in [1.29, 1.82) is 0 Å². The third-order valence-corrected chi connectivity index (χ3v) is 6.10. The van der Waals surface area contributed by atoms with Crippen LogP contribution >= 0.6 is 0 Å². The minimum atomic E-state index is -0.284. The fourth-order valence-corrected chi connectivity index (χ4v) is 4.35. The molecule has 152 valence electrons. The van der Waals surface area contributed by atoms with Crippen LogP contribution in [-0.4, -0.2) is 79.6 Å². The van der Waals surface area contributed by atoms with E-state index in [0.29, 0.717) is 32.8 Å². The summed E-state index contributed by atoms with van der Waals surface area (Å²) in [6, 6.07) is 8.11. The lowest BCUT2D eigenvalue weighted by molar-refractivity contribution is -0.142. The fourth-order valence-electron chi connectivity index (χ4n) is 4.35. The standard InChI is InChI=1S/C21H30N4O3/c22-16-7-9-23(10-8-16)18-5-2-1-4-17(18)20(26)24-11-13-25(14-12-24)21(27)19-6-3-15-28-19/h1-2,4-5,16,19H,3,6-15,22H2. The number of benzene rings is 1. The summed E-state index contributed by atoms with van der Waals surface area (Å²) >= 11 is 0. The van der Waals surface area contributed by atoms with Gasteiger partial charge < -0.3 is 25.2 Å². The molecule has 7 nitrogen and oxygen atoms in total. The lowest BCUT2D eigenvalue weighted by atomic mass is 10.0. The second kappa shape index (κ2) is 8.49. The van der Waals surface area contributed by atoms with Crippen LogP contribution < -0.4 is 10.6 Å². The highest BCUT2D eigenvalue weighted by molar-refractivity contribution is 6.00. The van der Waals surface area contributed by atoms with Gasteiger partial charge >= 0.3 is 0 Å². The molecule has 3 fully saturated rings. The van der Waals surface area contributed by atoms with Crippen molar-refractivity contribution in [2.24, 2.45) is 5.73 Å². The number of ether oxygens (including phenoxy) is 1. The molecular weight excluding hydrogens is 356 g/mol. The average Bonchev–Trinajstić information content (AvgIpc) is 3.28. The molecule has 1 unspecified atom stereocenters. The van der Waals surface area contributed by atoms with Gasteiger partial charge in [-0.25, -0.2) is 0 Å². The molecular formula is C21H30N4O3. The van der Waals surface area contributed by atoms with Gasteiger partial charge in [-0.2, -0.15) is 0 Å². The highest BCUT2D eigenvalue weighted by Gasteiger charge is 2.32. The van der Waals surface area contributed by atoms with E-state index in [9.17, 15) is 9.59 Å². The van der Waals surface area contributed by atoms with Gasteiger partial charge in [0.15, 0.2) is 0 Å². The third kappa shape index (κ3) is 4.00. The Morgan fingerprint density at radius 1 is 0.929 bits per heavy atom. The summed E-state index contributed by atoms with van der Waals surface area (Å²) in [5.74, 6) is 0.129. The van der Waals surface area contributed by atoms with Crippen LogP contribution in [0.2, 0.25) is 0 Å². The zero-order valence-corrected chi connectivity index (χ0v) is 16.4. The highest BCUT2D eigenvalue weighted by Crippen LogP contribution is 2.26. The topological polar surface area (TPSA) is 79.1 Å². The van der Waals surface area contributed by atoms with Gasteiger partial charge in [0.1, 0.15) is 6.10 Å². The van der Waals surface area contributed by atoms with Crippen molar-refractivity contribution in [1.82, 2.24) is 9.80 Å². The Bertz CT molecular complexity index is 703. The normalized spacial score (nSPS) is 23.9. The zero-order valence-electron chi connectivity index (χ0n) is 16.4. The number of hydrogen-bond donors (Lipinski definition) is 1. The van der Waals surface area contributed by atoms with Gasteiger partial charge in [-0.1, -0.05) is 12.1 Å². The highest BCUT2D eigenvalue weighted by atomic mass is 16.5. The Balaban J connectivity index is 1.40. The molecule has 0 radical (unpaired) electrons. The van der Waals surface area contributed by atoms with Gasteiger partial charge in [-0.15, -0.1) is 0 Å². The van der Waals surface area contributed by atoms with E-state index in [1.54, 1.807) is 0 Å². The van der Waals surface area contributed by atoms with E-state index in [2.05, 4.69) is 4.90 Å². The van der Waals surface area contributed by atoms with Gasteiger partial charge in [0.2, 0.25) is 0 Å². The Labute approximate surface area is 166 Å². The van der Waals surface area contributed by atoms with E-state index in [1.807, 2.05) is 34.1 Å². The second-order valence-corrected chi connectivity index (χ2v) is 7.96. The van der Waals surface area contributed by atoms with Crippen molar-refractivity contribution < 1.29 is 14.3 Å². The zero-order chi connectivity index (χ0) is 19.5. The summed E-state index contributed by atoms with van der Waals surface area (Å²) < 4.78 is 5.52. The van der Waals surface area contributed by atoms with E-state index in [4.69, 9.17) is 10.5 Å². The first-order chi connectivity index (χ1) is 13.6. The van der Waals surface area contributed by atoms with Gasteiger partial charge in [0, 0.05) is 57.6 Å². The van der Waals surface area contributed by atoms with E-state index in [1.165, 1.54) is 0 Å². The van der Waals surface area contributed by atoms with Gasteiger partial charge in [-0.3, -0.25) is 9.59 Å². The smallest absolute Gasteiger partial charge is 0.256 e. The molecule has 4 rings (SSSR count). The van der Waals surface area contributed by atoms with Crippen LogP contribution in [0.25, 0.3) is 0 Å². The average molecular weight is 386 g/mol. The number of hydrogen-bond acceptors (Lipinski definition) is 5. The summed E-state index contributed by atoms with van der Waals surface area (Å²) in [7, 11) is 0. The first-order valence-corrected chi connectivity index (χ1v) is 10.4. The predicted octanol–water partition coefficient (Wildman–Crippen LogP) is 1.08. The number of nitrogens with zero attached hydrogens (tertiary/aromatic N) is 3. The van der Waals surface area contributed by atoms with Crippen molar-refractivity contribution in [2.45, 2.75) is 37.8 Å². The summed E-state index contributed by atoms with van der Waals surface area (Å²) in [6.45, 7) is 4.72. The van der Waals surface area contributed by atoms with Crippen molar-refractivity contribution in [3.63, 3.8) is 0 Å². The van der Waals surface area contributed by atoms with Crippen molar-refractivity contribution in [3.05, 3.63) is 29.8 Å². The molecule has 3 saturated heterocycles. The largest absolute Gasteiger partial charge is 0.371 e. The summed E-state index contributed by atoms with van der Waals surface area (Å²) in [4.78, 5) is 31.7. The number of para-hydroxylation sites is 1. The molecule has 1 atom stereocenters. The number of piperidine rings is 1. The minimum absolute atomic E-state index is 0.0506. The number of piperazine rings is 1. The van der Waals surface area contributed by atoms with Crippen LogP contribution in [0.4, 0.5) is 5.69 Å². The van der Waals surface area contributed by atoms with Crippen molar-refractivity contribution >= 4 is 17.5 Å². The number of anilines is 1. The Hall–Kier alpha value is -2.12. The lowest BCUT2D eigenvalue weighted by Crippen LogP contribution is -2.53. The molecule has 0 bridgehead atoms. The predicted molar refractivity (Wildman–Crippen MR) is 107 cm³/mol. The van der Waals surface area contributed by atoms with Crippen LogP contribution in [0.15, 0.2) is 24.3 Å². The van der Waals surface area contributed by atoms with Crippen LogP contribution in [0.5, 0.6) is 0 Å². The van der Waals surface area contributed by atoms with Crippen molar-refractivity contribution in [2.75, 3.05) is 50.8 Å². The Kier molecular flexibility index (Phi) is 5.82. The number of nitrogens with two attached hydrogens (primary N) is 1. The molecule has 3 heterocycles. The first kappa shape index (κ1) is 19.2. The second-order valence-electron chi connectivity index (χ2n) is 7.96. The molecule has 28 heavy (non-hydrogen) atoms. The van der Waals surface area contributed by atoms with Crippen LogP contribution in [-0.2, 0) is 9.53 Å². The maximum atomic E-state index is 13.2. The van der Waals surface area contributed by atoms with Gasteiger partial charge in [0.25, 0.3) is 11.8 Å². The molecule has 0 saturated carbocycles. The molecule has 2 amide bonds. The number of carbonyl (C=O) groups is 2.